The Morgan fingerprint density at radius 3 is 2.67 bits per heavy atom. The highest BCUT2D eigenvalue weighted by molar-refractivity contribution is 5.85. The summed E-state index contributed by atoms with van der Waals surface area (Å²) in [6, 6.07) is 9.64. The van der Waals surface area contributed by atoms with Gasteiger partial charge in [-0.1, -0.05) is 13.0 Å². The molecule has 0 spiro atoms. The van der Waals surface area contributed by atoms with E-state index >= 15 is 0 Å². The van der Waals surface area contributed by atoms with E-state index in [1.54, 1.807) is 0 Å². The van der Waals surface area contributed by atoms with Crippen LogP contribution in [0.2, 0.25) is 0 Å². The second-order valence-corrected chi connectivity index (χ2v) is 4.96. The van der Waals surface area contributed by atoms with Gasteiger partial charge in [0, 0.05) is 18.9 Å². The first-order chi connectivity index (χ1) is 10.3. The molecule has 0 saturated heterocycles. The largest absolute Gasteiger partial charge is 0.439 e. The van der Waals surface area contributed by atoms with Gasteiger partial charge in [0.05, 0.1) is 12.2 Å². The summed E-state index contributed by atoms with van der Waals surface area (Å²) in [4.78, 5) is 10.8. The summed E-state index contributed by atoms with van der Waals surface area (Å²) in [5, 5.41) is 0. The van der Waals surface area contributed by atoms with E-state index in [9.17, 15) is 0 Å². The lowest BCUT2D eigenvalue weighted by atomic mass is 10.2. The molecule has 2 N–H and O–H groups in total. The lowest BCUT2D eigenvalue weighted by Crippen LogP contribution is -2.22. The van der Waals surface area contributed by atoms with Crippen molar-refractivity contribution >= 4 is 16.8 Å². The lowest BCUT2D eigenvalue weighted by molar-refractivity contribution is 0.245. The summed E-state index contributed by atoms with van der Waals surface area (Å²) < 4.78 is 5.77. The number of benzene rings is 1. The first-order valence-corrected chi connectivity index (χ1v) is 7.01. The van der Waals surface area contributed by atoms with Crippen molar-refractivity contribution in [3.63, 3.8) is 0 Å². The molecule has 0 radical (unpaired) electrons. The van der Waals surface area contributed by atoms with Gasteiger partial charge in [0.1, 0.15) is 5.52 Å². The third-order valence-corrected chi connectivity index (χ3v) is 3.46. The number of nitrogens with zero attached hydrogens (tertiary/aromatic N) is 3. The molecule has 108 valence electrons. The minimum Gasteiger partial charge on any atom is -0.439 e. The Bertz CT molecular complexity index is 723. The molecular formula is C16H18N4O. The highest BCUT2D eigenvalue weighted by Gasteiger charge is 2.12. The molecule has 0 aliphatic heterocycles. The van der Waals surface area contributed by atoms with Crippen molar-refractivity contribution in [3.05, 3.63) is 54.2 Å². The average molecular weight is 282 g/mol. The molecular weight excluding hydrogens is 264 g/mol. The fraction of sp³-hybridized carbons (Fsp3) is 0.250. The maximum Gasteiger partial charge on any atom is 0.209 e. The highest BCUT2D eigenvalue weighted by atomic mass is 16.3. The molecule has 3 aromatic rings. The number of nitrogen functional groups attached to an aromatic ring is 1. The average Bonchev–Trinajstić information content (AvgIpc) is 2.92. The van der Waals surface area contributed by atoms with Crippen molar-refractivity contribution in [2.45, 2.75) is 20.0 Å². The first-order valence-electron chi connectivity index (χ1n) is 7.01. The van der Waals surface area contributed by atoms with Crippen LogP contribution in [0.4, 0.5) is 5.69 Å². The molecule has 1 aromatic carbocycles. The van der Waals surface area contributed by atoms with Gasteiger partial charge in [-0.2, -0.15) is 0 Å². The summed E-state index contributed by atoms with van der Waals surface area (Å²) >= 11 is 0. The molecule has 0 atom stereocenters. The Hall–Kier alpha value is -2.40. The SMILES string of the molecule is CCN(Cc1ccncc1)Cc1nc2c(N)cccc2o1. The molecule has 0 saturated carbocycles. The van der Waals surface area contributed by atoms with Gasteiger partial charge < -0.3 is 10.2 Å². The Kier molecular flexibility index (Phi) is 3.83. The number of oxazole rings is 1. The molecule has 2 aromatic heterocycles. The van der Waals surface area contributed by atoms with Gasteiger partial charge in [-0.25, -0.2) is 4.98 Å². The Labute approximate surface area is 123 Å². The van der Waals surface area contributed by atoms with Gasteiger partial charge in [-0.15, -0.1) is 0 Å². The minimum absolute atomic E-state index is 0.652. The van der Waals surface area contributed by atoms with Gasteiger partial charge in [0.25, 0.3) is 0 Å². The highest BCUT2D eigenvalue weighted by Crippen LogP contribution is 2.22. The monoisotopic (exact) mass is 282 g/mol. The number of nitrogens with two attached hydrogens (primary N) is 1. The van der Waals surface area contributed by atoms with E-state index < -0.39 is 0 Å². The Balaban J connectivity index is 1.77. The molecule has 21 heavy (non-hydrogen) atoms. The van der Waals surface area contributed by atoms with E-state index in [2.05, 4.69) is 21.8 Å². The van der Waals surface area contributed by atoms with Crippen LogP contribution in [-0.4, -0.2) is 21.4 Å². The van der Waals surface area contributed by atoms with Crippen LogP contribution in [-0.2, 0) is 13.1 Å². The van der Waals surface area contributed by atoms with Crippen LogP contribution < -0.4 is 5.73 Å². The van der Waals surface area contributed by atoms with Crippen LogP contribution in [0, 0.1) is 0 Å². The van der Waals surface area contributed by atoms with Gasteiger partial charge in [-0.05, 0) is 36.4 Å². The quantitative estimate of drug-likeness (QED) is 0.729. The van der Waals surface area contributed by atoms with Crippen LogP contribution in [0.3, 0.4) is 0 Å². The third-order valence-electron chi connectivity index (χ3n) is 3.46. The zero-order chi connectivity index (χ0) is 14.7. The van der Waals surface area contributed by atoms with Gasteiger partial charge in [0.2, 0.25) is 5.89 Å². The van der Waals surface area contributed by atoms with Crippen LogP contribution in [0.1, 0.15) is 18.4 Å². The molecule has 0 aliphatic rings. The summed E-state index contributed by atoms with van der Waals surface area (Å²) in [5.41, 5.74) is 9.27. The number of anilines is 1. The van der Waals surface area contributed by atoms with E-state index in [1.807, 2.05) is 42.7 Å². The van der Waals surface area contributed by atoms with Crippen LogP contribution >= 0.6 is 0 Å². The fourth-order valence-corrected chi connectivity index (χ4v) is 2.30. The predicted octanol–water partition coefficient (Wildman–Crippen LogP) is 2.83. The predicted molar refractivity (Wildman–Crippen MR) is 82.4 cm³/mol. The molecule has 5 heteroatoms. The van der Waals surface area contributed by atoms with Crippen molar-refractivity contribution in [1.29, 1.82) is 0 Å². The number of fused-ring (bicyclic) bond motifs is 1. The second kappa shape index (κ2) is 5.93. The second-order valence-electron chi connectivity index (χ2n) is 4.96. The fourth-order valence-electron chi connectivity index (χ4n) is 2.30. The number of para-hydroxylation sites is 1. The van der Waals surface area contributed by atoms with Gasteiger partial charge >= 0.3 is 0 Å². The lowest BCUT2D eigenvalue weighted by Gasteiger charge is -2.18. The smallest absolute Gasteiger partial charge is 0.209 e. The summed E-state index contributed by atoms with van der Waals surface area (Å²) in [6.07, 6.45) is 3.62. The molecule has 2 heterocycles. The molecule has 0 amide bonds. The Morgan fingerprint density at radius 1 is 1.14 bits per heavy atom. The van der Waals surface area contributed by atoms with Gasteiger partial charge in [0.15, 0.2) is 5.58 Å². The van der Waals surface area contributed by atoms with E-state index in [1.165, 1.54) is 5.56 Å². The molecule has 0 bridgehead atoms. The van der Waals surface area contributed by atoms with Crippen molar-refractivity contribution in [2.75, 3.05) is 12.3 Å². The maximum atomic E-state index is 5.91. The summed E-state index contributed by atoms with van der Waals surface area (Å²) in [5.74, 6) is 0.693. The topological polar surface area (TPSA) is 68.2 Å². The number of hydrogen-bond acceptors (Lipinski definition) is 5. The maximum absolute atomic E-state index is 5.91. The normalized spacial score (nSPS) is 11.3. The molecule has 5 nitrogen and oxygen atoms in total. The van der Waals surface area contributed by atoms with E-state index in [-0.39, 0.29) is 0 Å². The van der Waals surface area contributed by atoms with E-state index in [0.29, 0.717) is 18.1 Å². The van der Waals surface area contributed by atoms with E-state index in [0.717, 1.165) is 24.2 Å². The minimum atomic E-state index is 0.652. The van der Waals surface area contributed by atoms with Crippen molar-refractivity contribution < 1.29 is 4.42 Å². The number of pyridine rings is 1. The molecule has 3 rings (SSSR count). The van der Waals surface area contributed by atoms with Crippen molar-refractivity contribution in [1.82, 2.24) is 14.9 Å². The van der Waals surface area contributed by atoms with Crippen molar-refractivity contribution in [2.24, 2.45) is 0 Å². The zero-order valence-corrected chi connectivity index (χ0v) is 12.0. The molecule has 0 unspecified atom stereocenters. The zero-order valence-electron chi connectivity index (χ0n) is 12.0. The van der Waals surface area contributed by atoms with Crippen molar-refractivity contribution in [3.8, 4) is 0 Å². The summed E-state index contributed by atoms with van der Waals surface area (Å²) in [6.45, 7) is 4.54. The summed E-state index contributed by atoms with van der Waals surface area (Å²) in [7, 11) is 0. The number of hydrogen-bond donors (Lipinski definition) is 1. The standard InChI is InChI=1S/C16H18N4O/c1-2-20(10-12-6-8-18-9-7-12)11-15-19-16-13(17)4-3-5-14(16)21-15/h3-9H,2,10-11,17H2,1H3. The number of rotatable bonds is 5. The van der Waals surface area contributed by atoms with Crippen LogP contribution in [0.5, 0.6) is 0 Å². The van der Waals surface area contributed by atoms with Crippen LogP contribution in [0.25, 0.3) is 11.1 Å². The third kappa shape index (κ3) is 3.03. The van der Waals surface area contributed by atoms with E-state index in [4.69, 9.17) is 10.2 Å². The number of aromatic nitrogens is 2. The van der Waals surface area contributed by atoms with Crippen LogP contribution in [0.15, 0.2) is 47.1 Å². The van der Waals surface area contributed by atoms with Gasteiger partial charge in [-0.3, -0.25) is 9.88 Å². The molecule has 0 aliphatic carbocycles. The first kappa shape index (κ1) is 13.6. The Morgan fingerprint density at radius 2 is 1.95 bits per heavy atom. The molecule has 0 fully saturated rings.